The van der Waals surface area contributed by atoms with Gasteiger partial charge in [0.15, 0.2) is 0 Å². The number of carbonyl (C=O) groups excluding carboxylic acids is 1. The Morgan fingerprint density at radius 3 is 2.79 bits per heavy atom. The minimum absolute atomic E-state index is 0.212. The van der Waals surface area contributed by atoms with Crippen LogP contribution in [0.15, 0.2) is 17.5 Å². The molecule has 1 aromatic heterocycles. The predicted molar refractivity (Wildman–Crippen MR) is 73.9 cm³/mol. The molecule has 1 aromatic rings. The van der Waals surface area contributed by atoms with Gasteiger partial charge in [0.1, 0.15) is 5.60 Å². The highest BCUT2D eigenvalue weighted by Gasteiger charge is 2.26. The molecule has 1 heterocycles. The molecule has 0 unspecified atom stereocenters. The Bertz CT molecular complexity index is 491. The van der Waals surface area contributed by atoms with Gasteiger partial charge in [0.2, 0.25) is 0 Å². The summed E-state index contributed by atoms with van der Waals surface area (Å²) in [5.74, 6) is -1.21. The highest BCUT2D eigenvalue weighted by Crippen LogP contribution is 2.18. The van der Waals surface area contributed by atoms with Gasteiger partial charge >= 0.3 is 5.97 Å². The molecular formula is C13H17NO4S. The lowest BCUT2D eigenvalue weighted by Gasteiger charge is -2.21. The molecule has 0 spiro atoms. The standard InChI is InChI=1S/C13H17NO4S/c1-13(2,18-3)12(17)14-8-10-9(6-7-19-10)4-5-11(15)16/h4-7H,8H2,1-3H3,(H,14,17)(H,15,16)/b5-4+. The summed E-state index contributed by atoms with van der Waals surface area (Å²) >= 11 is 1.46. The van der Waals surface area contributed by atoms with Crippen molar-refractivity contribution >= 4 is 29.3 Å². The van der Waals surface area contributed by atoms with Crippen LogP contribution in [0.1, 0.15) is 24.3 Å². The average Bonchev–Trinajstić information content (AvgIpc) is 2.80. The fraction of sp³-hybridized carbons (Fsp3) is 0.385. The van der Waals surface area contributed by atoms with Crippen molar-refractivity contribution in [2.24, 2.45) is 0 Å². The predicted octanol–water partition coefficient (Wildman–Crippen LogP) is 1.89. The summed E-state index contributed by atoms with van der Waals surface area (Å²) in [6, 6.07) is 1.81. The summed E-state index contributed by atoms with van der Waals surface area (Å²) in [5, 5.41) is 13.2. The average molecular weight is 283 g/mol. The molecule has 0 saturated carbocycles. The molecule has 0 aromatic carbocycles. The molecule has 0 aliphatic carbocycles. The number of hydrogen-bond acceptors (Lipinski definition) is 4. The Balaban J connectivity index is 2.67. The number of thiophene rings is 1. The first kappa shape index (κ1) is 15.4. The van der Waals surface area contributed by atoms with E-state index in [0.717, 1.165) is 16.5 Å². The summed E-state index contributed by atoms with van der Waals surface area (Å²) < 4.78 is 5.08. The van der Waals surface area contributed by atoms with Crippen LogP contribution in [0.2, 0.25) is 0 Å². The molecule has 5 nitrogen and oxygen atoms in total. The van der Waals surface area contributed by atoms with E-state index < -0.39 is 11.6 Å². The molecule has 0 fully saturated rings. The molecule has 0 radical (unpaired) electrons. The molecular weight excluding hydrogens is 266 g/mol. The van der Waals surface area contributed by atoms with Gasteiger partial charge in [-0.05, 0) is 36.9 Å². The number of carboxylic acid groups (broad SMARTS) is 1. The monoisotopic (exact) mass is 283 g/mol. The second kappa shape index (κ2) is 6.49. The van der Waals surface area contributed by atoms with E-state index in [1.165, 1.54) is 24.5 Å². The van der Waals surface area contributed by atoms with E-state index in [4.69, 9.17) is 9.84 Å². The summed E-state index contributed by atoms with van der Waals surface area (Å²) in [4.78, 5) is 23.2. The van der Waals surface area contributed by atoms with Crippen LogP contribution in [0.25, 0.3) is 6.08 Å². The number of methoxy groups -OCH3 is 1. The zero-order valence-electron chi connectivity index (χ0n) is 11.1. The van der Waals surface area contributed by atoms with Crippen LogP contribution in [0.3, 0.4) is 0 Å². The SMILES string of the molecule is COC(C)(C)C(=O)NCc1sccc1/C=C/C(=O)O. The zero-order valence-corrected chi connectivity index (χ0v) is 11.9. The maximum absolute atomic E-state index is 11.8. The smallest absolute Gasteiger partial charge is 0.328 e. The molecule has 1 amide bonds. The van der Waals surface area contributed by atoms with E-state index >= 15 is 0 Å². The van der Waals surface area contributed by atoms with Crippen molar-refractivity contribution in [1.82, 2.24) is 5.32 Å². The van der Waals surface area contributed by atoms with Crippen molar-refractivity contribution in [2.45, 2.75) is 26.0 Å². The van der Waals surface area contributed by atoms with Gasteiger partial charge in [-0.2, -0.15) is 0 Å². The van der Waals surface area contributed by atoms with Crippen molar-refractivity contribution in [3.63, 3.8) is 0 Å². The minimum Gasteiger partial charge on any atom is -0.478 e. The number of rotatable bonds is 6. The van der Waals surface area contributed by atoms with E-state index in [9.17, 15) is 9.59 Å². The molecule has 0 atom stereocenters. The number of aliphatic carboxylic acids is 1. The van der Waals surface area contributed by atoms with E-state index in [2.05, 4.69) is 5.32 Å². The van der Waals surface area contributed by atoms with Gasteiger partial charge in [0.25, 0.3) is 5.91 Å². The maximum atomic E-state index is 11.8. The van der Waals surface area contributed by atoms with Crippen molar-refractivity contribution in [3.8, 4) is 0 Å². The first-order valence-electron chi connectivity index (χ1n) is 5.67. The highest BCUT2D eigenvalue weighted by atomic mass is 32.1. The van der Waals surface area contributed by atoms with Gasteiger partial charge in [0, 0.05) is 18.1 Å². The van der Waals surface area contributed by atoms with E-state index in [1.54, 1.807) is 13.8 Å². The number of carboxylic acids is 1. The second-order valence-corrected chi connectivity index (χ2v) is 5.37. The number of carbonyl (C=O) groups is 2. The topological polar surface area (TPSA) is 75.6 Å². The number of amides is 1. The van der Waals surface area contributed by atoms with E-state index in [0.29, 0.717) is 6.54 Å². The van der Waals surface area contributed by atoms with Crippen LogP contribution in [0.4, 0.5) is 0 Å². The first-order valence-corrected chi connectivity index (χ1v) is 6.55. The Morgan fingerprint density at radius 1 is 1.53 bits per heavy atom. The van der Waals surface area contributed by atoms with Crippen LogP contribution in [0.5, 0.6) is 0 Å². The van der Waals surface area contributed by atoms with Gasteiger partial charge in [-0.25, -0.2) is 4.79 Å². The summed E-state index contributed by atoms with van der Waals surface area (Å²) in [6.07, 6.45) is 2.59. The lowest BCUT2D eigenvalue weighted by atomic mass is 10.1. The third-order valence-corrected chi connectivity index (χ3v) is 3.59. The summed E-state index contributed by atoms with van der Waals surface area (Å²) in [5.41, 5.74) is -0.0863. The van der Waals surface area contributed by atoms with E-state index in [-0.39, 0.29) is 5.91 Å². The number of nitrogens with one attached hydrogen (secondary N) is 1. The van der Waals surface area contributed by atoms with Gasteiger partial charge in [0.05, 0.1) is 6.54 Å². The molecule has 0 aliphatic rings. The summed E-state index contributed by atoms with van der Waals surface area (Å²) in [7, 11) is 1.48. The second-order valence-electron chi connectivity index (χ2n) is 4.37. The van der Waals surface area contributed by atoms with Crippen molar-refractivity contribution in [1.29, 1.82) is 0 Å². The maximum Gasteiger partial charge on any atom is 0.328 e. The minimum atomic E-state index is -0.998. The Labute approximate surface area is 115 Å². The molecule has 6 heteroatoms. The lowest BCUT2D eigenvalue weighted by molar-refractivity contribution is -0.139. The normalized spacial score (nSPS) is 11.7. The third-order valence-electron chi connectivity index (χ3n) is 2.65. The van der Waals surface area contributed by atoms with Crippen molar-refractivity contribution in [3.05, 3.63) is 28.0 Å². The Hall–Kier alpha value is -1.66. The van der Waals surface area contributed by atoms with Crippen molar-refractivity contribution in [2.75, 3.05) is 7.11 Å². The summed E-state index contributed by atoms with van der Waals surface area (Å²) in [6.45, 7) is 3.71. The Morgan fingerprint density at radius 2 is 2.21 bits per heavy atom. The van der Waals surface area contributed by atoms with Crippen LogP contribution in [-0.4, -0.2) is 29.7 Å². The van der Waals surface area contributed by atoms with Gasteiger partial charge < -0.3 is 15.2 Å². The largest absolute Gasteiger partial charge is 0.478 e. The fourth-order valence-corrected chi connectivity index (χ4v) is 2.08. The molecule has 104 valence electrons. The van der Waals surface area contributed by atoms with Gasteiger partial charge in [-0.3, -0.25) is 4.79 Å². The molecule has 19 heavy (non-hydrogen) atoms. The Kier molecular flexibility index (Phi) is 5.26. The third kappa shape index (κ3) is 4.50. The van der Waals surface area contributed by atoms with Crippen LogP contribution in [-0.2, 0) is 20.9 Å². The molecule has 1 rings (SSSR count). The van der Waals surface area contributed by atoms with Crippen molar-refractivity contribution < 1.29 is 19.4 Å². The zero-order chi connectivity index (χ0) is 14.5. The number of ether oxygens (including phenoxy) is 1. The lowest BCUT2D eigenvalue weighted by Crippen LogP contribution is -2.43. The van der Waals surface area contributed by atoms with Gasteiger partial charge in [-0.1, -0.05) is 0 Å². The fourth-order valence-electron chi connectivity index (χ4n) is 1.27. The van der Waals surface area contributed by atoms with Crippen LogP contribution < -0.4 is 5.32 Å². The van der Waals surface area contributed by atoms with E-state index in [1.807, 2.05) is 11.4 Å². The van der Waals surface area contributed by atoms with Crippen LogP contribution >= 0.6 is 11.3 Å². The number of hydrogen-bond donors (Lipinski definition) is 2. The quantitative estimate of drug-likeness (QED) is 0.782. The van der Waals surface area contributed by atoms with Gasteiger partial charge in [-0.15, -0.1) is 11.3 Å². The molecule has 0 saturated heterocycles. The molecule has 0 bridgehead atoms. The first-order chi connectivity index (χ1) is 8.86. The molecule has 2 N–H and O–H groups in total. The van der Waals surface area contributed by atoms with Crippen LogP contribution in [0, 0.1) is 0 Å². The molecule has 0 aliphatic heterocycles. The highest BCUT2D eigenvalue weighted by molar-refractivity contribution is 7.10.